The number of amides is 2. The van der Waals surface area contributed by atoms with Crippen LogP contribution in [0, 0.1) is 5.82 Å². The predicted molar refractivity (Wildman–Crippen MR) is 106 cm³/mol. The molecule has 144 valence electrons. The molecule has 3 aromatic rings. The number of rotatable bonds is 6. The predicted octanol–water partition coefficient (Wildman–Crippen LogP) is 3.49. The molecular weight excluding hydrogens is 359 g/mol. The quantitative estimate of drug-likeness (QED) is 0.712. The van der Waals surface area contributed by atoms with Crippen molar-refractivity contribution in [2.24, 2.45) is 0 Å². The molecule has 0 unspecified atom stereocenters. The Morgan fingerprint density at radius 1 is 1.11 bits per heavy atom. The first-order valence-electron chi connectivity index (χ1n) is 8.94. The molecular formula is C21H21FN4O2. The second kappa shape index (κ2) is 8.47. The molecule has 0 bridgehead atoms. The van der Waals surface area contributed by atoms with Crippen molar-refractivity contribution >= 4 is 17.6 Å². The Hall–Kier alpha value is -3.48. The molecule has 2 amide bonds. The maximum absolute atomic E-state index is 13.3. The van der Waals surface area contributed by atoms with E-state index >= 15 is 0 Å². The summed E-state index contributed by atoms with van der Waals surface area (Å²) < 4.78 is 14.8. The molecule has 0 radical (unpaired) electrons. The van der Waals surface area contributed by atoms with E-state index in [0.717, 1.165) is 5.56 Å². The van der Waals surface area contributed by atoms with Gasteiger partial charge in [0.25, 0.3) is 0 Å². The number of benzene rings is 2. The molecule has 0 atom stereocenters. The lowest BCUT2D eigenvalue weighted by atomic mass is 10.1. The number of hydrogen-bond acceptors (Lipinski definition) is 3. The summed E-state index contributed by atoms with van der Waals surface area (Å²) in [5.41, 5.74) is 2.16. The second-order valence-electron chi connectivity index (χ2n) is 6.25. The highest BCUT2D eigenvalue weighted by Gasteiger charge is 2.16. The van der Waals surface area contributed by atoms with Gasteiger partial charge in [-0.15, -0.1) is 0 Å². The maximum atomic E-state index is 13.3. The largest absolute Gasteiger partial charge is 0.334 e. The number of anilines is 1. The Balaban J connectivity index is 1.94. The van der Waals surface area contributed by atoms with Crippen molar-refractivity contribution in [3.8, 4) is 16.9 Å². The van der Waals surface area contributed by atoms with Gasteiger partial charge in [-0.25, -0.2) is 9.07 Å². The number of nitrogens with zero attached hydrogens (tertiary/aromatic N) is 3. The molecule has 0 aliphatic heterocycles. The van der Waals surface area contributed by atoms with Crippen molar-refractivity contribution in [1.29, 1.82) is 0 Å². The minimum absolute atomic E-state index is 0.0545. The average molecular weight is 380 g/mol. The zero-order valence-corrected chi connectivity index (χ0v) is 15.7. The van der Waals surface area contributed by atoms with Gasteiger partial charge in [0.1, 0.15) is 11.6 Å². The van der Waals surface area contributed by atoms with Gasteiger partial charge in [-0.3, -0.25) is 9.59 Å². The number of nitrogens with one attached hydrogen (secondary N) is 1. The third-order valence-corrected chi connectivity index (χ3v) is 4.28. The summed E-state index contributed by atoms with van der Waals surface area (Å²) in [6, 6.07) is 17.1. The highest BCUT2D eigenvalue weighted by atomic mass is 19.1. The van der Waals surface area contributed by atoms with Crippen LogP contribution >= 0.6 is 0 Å². The summed E-state index contributed by atoms with van der Waals surface area (Å²) in [5.74, 6) is -0.422. The number of carbonyl (C=O) groups is 2. The van der Waals surface area contributed by atoms with E-state index in [2.05, 4.69) is 10.4 Å². The van der Waals surface area contributed by atoms with Gasteiger partial charge >= 0.3 is 0 Å². The lowest BCUT2D eigenvalue weighted by Gasteiger charge is -2.18. The monoisotopic (exact) mass is 380 g/mol. The van der Waals surface area contributed by atoms with E-state index in [-0.39, 0.29) is 24.2 Å². The van der Waals surface area contributed by atoms with Gasteiger partial charge in [0.05, 0.1) is 17.9 Å². The molecule has 1 aromatic heterocycles. The van der Waals surface area contributed by atoms with E-state index in [4.69, 9.17) is 0 Å². The molecule has 28 heavy (non-hydrogen) atoms. The van der Waals surface area contributed by atoms with Crippen LogP contribution in [-0.4, -0.2) is 39.6 Å². The van der Waals surface area contributed by atoms with Crippen molar-refractivity contribution in [3.05, 3.63) is 66.5 Å². The van der Waals surface area contributed by atoms with Crippen LogP contribution in [0.2, 0.25) is 0 Å². The molecule has 7 heteroatoms. The van der Waals surface area contributed by atoms with Gasteiger partial charge in [0, 0.05) is 25.1 Å². The van der Waals surface area contributed by atoms with Gasteiger partial charge < -0.3 is 10.2 Å². The Bertz CT molecular complexity index is 968. The number of halogens is 1. The van der Waals surface area contributed by atoms with Crippen LogP contribution in [0.3, 0.4) is 0 Å². The molecule has 0 saturated carbocycles. The maximum Gasteiger partial charge on any atom is 0.245 e. The zero-order chi connectivity index (χ0) is 20.1. The van der Waals surface area contributed by atoms with Crippen molar-refractivity contribution in [1.82, 2.24) is 14.7 Å². The van der Waals surface area contributed by atoms with Gasteiger partial charge in [0.2, 0.25) is 11.8 Å². The van der Waals surface area contributed by atoms with E-state index < -0.39 is 0 Å². The first-order chi connectivity index (χ1) is 13.5. The molecule has 0 aliphatic carbocycles. The van der Waals surface area contributed by atoms with Gasteiger partial charge in [0.15, 0.2) is 0 Å². The van der Waals surface area contributed by atoms with Crippen LogP contribution in [0.1, 0.15) is 13.8 Å². The Labute approximate surface area is 162 Å². The highest BCUT2D eigenvalue weighted by molar-refractivity contribution is 5.94. The van der Waals surface area contributed by atoms with Crippen LogP contribution in [0.15, 0.2) is 60.7 Å². The van der Waals surface area contributed by atoms with Crippen LogP contribution < -0.4 is 5.32 Å². The van der Waals surface area contributed by atoms with Crippen molar-refractivity contribution in [3.63, 3.8) is 0 Å². The van der Waals surface area contributed by atoms with Gasteiger partial charge in [-0.1, -0.05) is 30.3 Å². The molecule has 0 saturated heterocycles. The summed E-state index contributed by atoms with van der Waals surface area (Å²) in [5, 5.41) is 7.37. The minimum atomic E-state index is -0.357. The van der Waals surface area contributed by atoms with E-state index in [1.165, 1.54) is 24.0 Å². The Kier molecular flexibility index (Phi) is 5.84. The fourth-order valence-corrected chi connectivity index (χ4v) is 2.80. The smallest absolute Gasteiger partial charge is 0.245 e. The van der Waals surface area contributed by atoms with Crippen molar-refractivity contribution in [2.45, 2.75) is 13.8 Å². The number of likely N-dealkylation sites (N-methyl/N-ethyl adjacent to an activating group) is 1. The van der Waals surface area contributed by atoms with Crippen molar-refractivity contribution < 1.29 is 14.0 Å². The normalized spacial score (nSPS) is 10.5. The summed E-state index contributed by atoms with van der Waals surface area (Å²) in [4.78, 5) is 25.5. The Morgan fingerprint density at radius 3 is 2.39 bits per heavy atom. The summed E-state index contributed by atoms with van der Waals surface area (Å²) >= 11 is 0. The second-order valence-corrected chi connectivity index (χ2v) is 6.25. The average Bonchev–Trinajstić information content (AvgIpc) is 3.11. The lowest BCUT2D eigenvalue weighted by molar-refractivity contribution is -0.132. The number of hydrogen-bond donors (Lipinski definition) is 1. The summed E-state index contributed by atoms with van der Waals surface area (Å²) in [6.45, 7) is 3.62. The van der Waals surface area contributed by atoms with Crippen molar-refractivity contribution in [2.75, 3.05) is 18.4 Å². The van der Waals surface area contributed by atoms with E-state index in [0.29, 0.717) is 23.7 Å². The molecule has 6 nitrogen and oxygen atoms in total. The molecule has 0 fully saturated rings. The van der Waals surface area contributed by atoms with Gasteiger partial charge in [-0.05, 0) is 31.2 Å². The summed E-state index contributed by atoms with van der Waals surface area (Å²) in [7, 11) is 0. The van der Waals surface area contributed by atoms with Crippen LogP contribution in [-0.2, 0) is 9.59 Å². The first kappa shape index (κ1) is 19.3. The third-order valence-electron chi connectivity index (χ3n) is 4.28. The van der Waals surface area contributed by atoms with Gasteiger partial charge in [-0.2, -0.15) is 5.10 Å². The summed E-state index contributed by atoms with van der Waals surface area (Å²) in [6.07, 6.45) is 0. The molecule has 3 rings (SSSR count). The highest BCUT2D eigenvalue weighted by Crippen LogP contribution is 2.25. The number of aromatic nitrogens is 2. The molecule has 0 spiro atoms. The molecule has 0 aliphatic rings. The van der Waals surface area contributed by atoms with Crippen LogP contribution in [0.5, 0.6) is 0 Å². The topological polar surface area (TPSA) is 67.2 Å². The Morgan fingerprint density at radius 2 is 1.79 bits per heavy atom. The van der Waals surface area contributed by atoms with E-state index in [1.807, 2.05) is 37.3 Å². The SMILES string of the molecule is CCN(CC(=O)Nc1cc(-c2ccccc2)nn1-c1ccc(F)cc1)C(C)=O. The van der Waals surface area contributed by atoms with E-state index in [9.17, 15) is 14.0 Å². The number of carbonyl (C=O) groups excluding carboxylic acids is 2. The molecule has 1 heterocycles. The fourth-order valence-electron chi connectivity index (χ4n) is 2.80. The fraction of sp³-hybridized carbons (Fsp3) is 0.190. The third kappa shape index (κ3) is 4.43. The minimum Gasteiger partial charge on any atom is -0.334 e. The zero-order valence-electron chi connectivity index (χ0n) is 15.7. The van der Waals surface area contributed by atoms with E-state index in [1.54, 1.807) is 22.9 Å². The standard InChI is InChI=1S/C21H21FN4O2/c1-3-25(15(2)27)14-21(28)23-20-13-19(16-7-5-4-6-8-16)24-26(20)18-11-9-17(22)10-12-18/h4-13H,3,14H2,1-2H3,(H,23,28). The molecule has 2 aromatic carbocycles. The molecule has 1 N–H and O–H groups in total. The lowest BCUT2D eigenvalue weighted by Crippen LogP contribution is -2.36. The first-order valence-corrected chi connectivity index (χ1v) is 8.94. The van der Waals surface area contributed by atoms with Crippen LogP contribution in [0.25, 0.3) is 16.9 Å². The van der Waals surface area contributed by atoms with Crippen LogP contribution in [0.4, 0.5) is 10.2 Å².